The lowest BCUT2D eigenvalue weighted by molar-refractivity contribution is -0.131. The first-order valence-corrected chi connectivity index (χ1v) is 6.85. The van der Waals surface area contributed by atoms with Crippen molar-refractivity contribution in [2.75, 3.05) is 26.8 Å². The Morgan fingerprint density at radius 2 is 2.00 bits per heavy atom. The van der Waals surface area contributed by atoms with E-state index in [1.165, 1.54) is 0 Å². The van der Waals surface area contributed by atoms with Crippen LogP contribution in [0.15, 0.2) is 24.3 Å². The number of hydrogen-bond donors (Lipinski definition) is 2. The molecular weight excluding hydrogens is 272 g/mol. The van der Waals surface area contributed by atoms with Gasteiger partial charge in [-0.2, -0.15) is 0 Å². The molecule has 0 radical (unpaired) electrons. The Morgan fingerprint density at radius 1 is 1.33 bits per heavy atom. The van der Waals surface area contributed by atoms with Crippen molar-refractivity contribution in [1.82, 2.24) is 10.6 Å². The molecule has 1 saturated heterocycles. The molecular formula is C15H20N2O4. The van der Waals surface area contributed by atoms with Crippen LogP contribution in [-0.4, -0.2) is 38.6 Å². The molecule has 6 nitrogen and oxygen atoms in total. The fourth-order valence-corrected chi connectivity index (χ4v) is 2.15. The van der Waals surface area contributed by atoms with Crippen molar-refractivity contribution in [2.24, 2.45) is 5.41 Å². The van der Waals surface area contributed by atoms with Gasteiger partial charge < -0.3 is 20.1 Å². The molecule has 1 aliphatic heterocycles. The summed E-state index contributed by atoms with van der Waals surface area (Å²) >= 11 is 0. The third-order valence-corrected chi connectivity index (χ3v) is 3.49. The van der Waals surface area contributed by atoms with Gasteiger partial charge in [-0.15, -0.1) is 0 Å². The summed E-state index contributed by atoms with van der Waals surface area (Å²) in [5.41, 5.74) is -0.656. The SMILES string of the molecule is COc1ccc(OCCNC(=O)C2(C)CNC(=O)C2)cc1. The first kappa shape index (κ1) is 15.2. The quantitative estimate of drug-likeness (QED) is 0.757. The van der Waals surface area contributed by atoms with E-state index < -0.39 is 5.41 Å². The first-order chi connectivity index (χ1) is 10.0. The molecule has 2 amide bonds. The molecule has 0 spiro atoms. The summed E-state index contributed by atoms with van der Waals surface area (Å²) in [5, 5.41) is 5.47. The second-order valence-electron chi connectivity index (χ2n) is 5.29. The molecule has 0 aliphatic carbocycles. The van der Waals surface area contributed by atoms with Crippen molar-refractivity contribution in [3.8, 4) is 11.5 Å². The Hall–Kier alpha value is -2.24. The first-order valence-electron chi connectivity index (χ1n) is 6.85. The second-order valence-corrected chi connectivity index (χ2v) is 5.29. The normalized spacial score (nSPS) is 20.8. The average molecular weight is 292 g/mol. The number of carbonyl (C=O) groups excluding carboxylic acids is 2. The predicted molar refractivity (Wildman–Crippen MR) is 77.2 cm³/mol. The summed E-state index contributed by atoms with van der Waals surface area (Å²) in [4.78, 5) is 23.2. The summed E-state index contributed by atoms with van der Waals surface area (Å²) in [5.74, 6) is 1.28. The molecule has 1 aromatic rings. The van der Waals surface area contributed by atoms with Crippen molar-refractivity contribution in [3.05, 3.63) is 24.3 Å². The van der Waals surface area contributed by atoms with E-state index in [0.29, 0.717) is 25.4 Å². The molecule has 2 N–H and O–H groups in total. The van der Waals surface area contributed by atoms with Gasteiger partial charge in [-0.3, -0.25) is 9.59 Å². The topological polar surface area (TPSA) is 76.7 Å². The van der Waals surface area contributed by atoms with Gasteiger partial charge in [0.15, 0.2) is 0 Å². The van der Waals surface area contributed by atoms with E-state index in [4.69, 9.17) is 9.47 Å². The zero-order chi connectivity index (χ0) is 15.3. The largest absolute Gasteiger partial charge is 0.497 e. The number of hydrogen-bond acceptors (Lipinski definition) is 4. The van der Waals surface area contributed by atoms with Gasteiger partial charge in [0.05, 0.1) is 19.1 Å². The number of amides is 2. The van der Waals surface area contributed by atoms with Gasteiger partial charge >= 0.3 is 0 Å². The summed E-state index contributed by atoms with van der Waals surface area (Å²) < 4.78 is 10.6. The van der Waals surface area contributed by atoms with E-state index in [9.17, 15) is 9.59 Å². The fraction of sp³-hybridized carbons (Fsp3) is 0.467. The molecule has 1 heterocycles. The van der Waals surface area contributed by atoms with Crippen LogP contribution in [0.1, 0.15) is 13.3 Å². The molecule has 1 unspecified atom stereocenters. The smallest absolute Gasteiger partial charge is 0.228 e. The van der Waals surface area contributed by atoms with E-state index in [-0.39, 0.29) is 18.2 Å². The second kappa shape index (κ2) is 6.47. The maximum Gasteiger partial charge on any atom is 0.228 e. The highest BCUT2D eigenvalue weighted by atomic mass is 16.5. The maximum atomic E-state index is 12.0. The Balaban J connectivity index is 1.71. The molecule has 1 fully saturated rings. The zero-order valence-corrected chi connectivity index (χ0v) is 12.3. The van der Waals surface area contributed by atoms with Crippen LogP contribution in [0, 0.1) is 5.41 Å². The molecule has 2 rings (SSSR count). The average Bonchev–Trinajstić information content (AvgIpc) is 2.85. The number of ether oxygens (including phenoxy) is 2. The van der Waals surface area contributed by atoms with Crippen LogP contribution in [0.25, 0.3) is 0 Å². The summed E-state index contributed by atoms with van der Waals surface area (Å²) in [6.45, 7) is 2.94. The lowest BCUT2D eigenvalue weighted by atomic mass is 9.88. The number of nitrogens with one attached hydrogen (secondary N) is 2. The zero-order valence-electron chi connectivity index (χ0n) is 12.3. The molecule has 0 bridgehead atoms. The van der Waals surface area contributed by atoms with Gasteiger partial charge in [-0.1, -0.05) is 0 Å². The Kier molecular flexibility index (Phi) is 4.67. The van der Waals surface area contributed by atoms with Gasteiger partial charge in [0.25, 0.3) is 0 Å². The minimum absolute atomic E-state index is 0.0814. The molecule has 1 aliphatic rings. The van der Waals surface area contributed by atoms with Crippen LogP contribution in [0.2, 0.25) is 0 Å². The number of methoxy groups -OCH3 is 1. The van der Waals surface area contributed by atoms with Crippen LogP contribution in [0.5, 0.6) is 11.5 Å². The van der Waals surface area contributed by atoms with Crippen LogP contribution >= 0.6 is 0 Å². The maximum absolute atomic E-state index is 12.0. The van der Waals surface area contributed by atoms with E-state index in [1.54, 1.807) is 14.0 Å². The van der Waals surface area contributed by atoms with Crippen molar-refractivity contribution < 1.29 is 19.1 Å². The molecule has 1 atom stereocenters. The standard InChI is InChI=1S/C15H20N2O4/c1-15(9-13(18)17-10-15)14(19)16-7-8-21-12-5-3-11(20-2)4-6-12/h3-6H,7-10H2,1-2H3,(H,16,19)(H,17,18). The van der Waals surface area contributed by atoms with Crippen LogP contribution in [0.4, 0.5) is 0 Å². The summed E-state index contributed by atoms with van der Waals surface area (Å²) in [6, 6.07) is 7.23. The van der Waals surface area contributed by atoms with Gasteiger partial charge in [0.2, 0.25) is 11.8 Å². The van der Waals surface area contributed by atoms with Crippen molar-refractivity contribution in [3.63, 3.8) is 0 Å². The molecule has 21 heavy (non-hydrogen) atoms. The van der Waals surface area contributed by atoms with E-state index in [2.05, 4.69) is 10.6 Å². The highest BCUT2D eigenvalue weighted by Crippen LogP contribution is 2.25. The van der Waals surface area contributed by atoms with Crippen LogP contribution in [0.3, 0.4) is 0 Å². The van der Waals surface area contributed by atoms with E-state index in [0.717, 1.165) is 5.75 Å². The highest BCUT2D eigenvalue weighted by molar-refractivity contribution is 5.92. The van der Waals surface area contributed by atoms with E-state index in [1.807, 2.05) is 24.3 Å². The minimum Gasteiger partial charge on any atom is -0.497 e. The number of carbonyl (C=O) groups is 2. The lowest BCUT2D eigenvalue weighted by Gasteiger charge is -2.20. The molecule has 114 valence electrons. The van der Waals surface area contributed by atoms with E-state index >= 15 is 0 Å². The van der Waals surface area contributed by atoms with Gasteiger partial charge in [-0.25, -0.2) is 0 Å². The van der Waals surface area contributed by atoms with Crippen molar-refractivity contribution >= 4 is 11.8 Å². The Morgan fingerprint density at radius 3 is 2.57 bits per heavy atom. The van der Waals surface area contributed by atoms with Crippen LogP contribution in [-0.2, 0) is 9.59 Å². The number of benzene rings is 1. The van der Waals surface area contributed by atoms with Crippen molar-refractivity contribution in [1.29, 1.82) is 0 Å². The van der Waals surface area contributed by atoms with Gasteiger partial charge in [0.1, 0.15) is 18.1 Å². The lowest BCUT2D eigenvalue weighted by Crippen LogP contribution is -2.41. The third kappa shape index (κ3) is 3.87. The Labute approximate surface area is 123 Å². The monoisotopic (exact) mass is 292 g/mol. The highest BCUT2D eigenvalue weighted by Gasteiger charge is 2.40. The third-order valence-electron chi connectivity index (χ3n) is 3.49. The minimum atomic E-state index is -0.656. The Bertz CT molecular complexity index is 515. The summed E-state index contributed by atoms with van der Waals surface area (Å²) in [6.07, 6.45) is 0.234. The van der Waals surface area contributed by atoms with Gasteiger partial charge in [0, 0.05) is 13.0 Å². The fourth-order valence-electron chi connectivity index (χ4n) is 2.15. The molecule has 0 aromatic heterocycles. The van der Waals surface area contributed by atoms with Gasteiger partial charge in [-0.05, 0) is 31.2 Å². The predicted octanol–water partition coefficient (Wildman–Crippen LogP) is 0.716. The van der Waals surface area contributed by atoms with Crippen LogP contribution < -0.4 is 20.1 Å². The number of rotatable bonds is 6. The molecule has 6 heteroatoms. The summed E-state index contributed by atoms with van der Waals surface area (Å²) in [7, 11) is 1.61. The molecule has 0 saturated carbocycles. The molecule has 1 aromatic carbocycles. The van der Waals surface area contributed by atoms with Crippen molar-refractivity contribution in [2.45, 2.75) is 13.3 Å².